The van der Waals surface area contributed by atoms with E-state index in [1.165, 1.54) is 0 Å². The van der Waals surface area contributed by atoms with Crippen molar-refractivity contribution in [3.8, 4) is 33.4 Å². The minimum absolute atomic E-state index is 0.0433. The van der Waals surface area contributed by atoms with E-state index in [1.54, 1.807) is 18.2 Å². The zero-order chi connectivity index (χ0) is 39.6. The molecular weight excluding hydrogens is 520 g/mol. The lowest BCUT2D eigenvalue weighted by Crippen LogP contribution is -1.90. The summed E-state index contributed by atoms with van der Waals surface area (Å²) in [5, 5.41) is 2.81. The second kappa shape index (κ2) is 9.44. The maximum atomic E-state index is 9.23. The first kappa shape index (κ1) is 14.5. The highest BCUT2D eigenvalue weighted by atomic mass is 16.3. The van der Waals surface area contributed by atoms with E-state index in [1.807, 2.05) is 60.7 Å². The summed E-state index contributed by atoms with van der Waals surface area (Å²) in [5.74, 6) is 0. The molecule has 9 rings (SSSR count). The summed E-state index contributed by atoms with van der Waals surface area (Å²) in [6.07, 6.45) is 0. The van der Waals surface area contributed by atoms with Gasteiger partial charge in [0.1, 0.15) is 11.2 Å². The maximum Gasteiger partial charge on any atom is 0.143 e. The molecular formula is C42H26O. The van der Waals surface area contributed by atoms with Crippen LogP contribution < -0.4 is 0 Å². The predicted molar refractivity (Wildman–Crippen MR) is 183 cm³/mol. The van der Waals surface area contributed by atoms with Crippen LogP contribution in [0.2, 0.25) is 0 Å². The fraction of sp³-hybridized carbons (Fsp3) is 0. The Hall–Kier alpha value is -5.66. The zero-order valence-electron chi connectivity index (χ0n) is 35.4. The van der Waals surface area contributed by atoms with Gasteiger partial charge in [-0.25, -0.2) is 0 Å². The maximum absolute atomic E-state index is 9.23. The zero-order valence-corrected chi connectivity index (χ0v) is 22.4. The third kappa shape index (κ3) is 3.65. The van der Waals surface area contributed by atoms with E-state index in [2.05, 4.69) is 0 Å². The fourth-order valence-electron chi connectivity index (χ4n) is 6.16. The van der Waals surface area contributed by atoms with Crippen LogP contribution in [-0.4, -0.2) is 0 Å². The highest BCUT2D eigenvalue weighted by Gasteiger charge is 2.18. The first-order valence-electron chi connectivity index (χ1n) is 20.2. The molecule has 8 aromatic carbocycles. The minimum Gasteiger partial charge on any atom is -0.455 e. The van der Waals surface area contributed by atoms with E-state index in [9.17, 15) is 5.48 Å². The first-order chi connectivity index (χ1) is 26.7. The number of rotatable bonds is 3. The van der Waals surface area contributed by atoms with Crippen LogP contribution in [0, 0.1) is 0 Å². The third-order valence-corrected chi connectivity index (χ3v) is 7.99. The van der Waals surface area contributed by atoms with E-state index < -0.39 is 84.1 Å². The molecule has 200 valence electrons. The van der Waals surface area contributed by atoms with Gasteiger partial charge in [0, 0.05) is 16.3 Å². The monoisotopic (exact) mass is 559 g/mol. The van der Waals surface area contributed by atoms with Crippen LogP contribution in [-0.2, 0) is 0 Å². The average Bonchev–Trinajstić information content (AvgIpc) is 3.59. The Labute approximate surface area is 267 Å². The molecule has 0 bridgehead atoms. The average molecular weight is 560 g/mol. The molecule has 0 fully saturated rings. The summed E-state index contributed by atoms with van der Waals surface area (Å²) >= 11 is 0. The second-order valence-electron chi connectivity index (χ2n) is 10.3. The van der Waals surface area contributed by atoms with Gasteiger partial charge in [-0.2, -0.15) is 0 Å². The van der Waals surface area contributed by atoms with Gasteiger partial charge in [0.15, 0.2) is 0 Å². The first-order valence-corrected chi connectivity index (χ1v) is 13.7. The molecule has 0 amide bonds. The number of fused-ring (bicyclic) bond motifs is 6. The molecule has 43 heavy (non-hydrogen) atoms. The third-order valence-electron chi connectivity index (χ3n) is 7.99. The van der Waals surface area contributed by atoms with E-state index in [4.69, 9.17) is 16.8 Å². The molecule has 0 atom stereocenters. The van der Waals surface area contributed by atoms with Crippen LogP contribution >= 0.6 is 0 Å². The SMILES string of the molecule is [2H]c1c([2H])c([2H])c(-c2c3c([2H])c([2H])c([2H])c([2H])c3c(-c3ccc4c(c3)oc3c(-c5cccc6ccccc56)cccc34)c3c([2H])c([2H])c([2H])c([2H])c23)c([2H])c1[2H]. The van der Waals surface area contributed by atoms with Crippen LogP contribution in [0.5, 0.6) is 0 Å². The highest BCUT2D eigenvalue weighted by Crippen LogP contribution is 2.45. The second-order valence-corrected chi connectivity index (χ2v) is 10.3. The lowest BCUT2D eigenvalue weighted by atomic mass is 9.86. The minimum atomic E-state index is -0.716. The Balaban J connectivity index is 1.47. The molecule has 0 spiro atoms. The van der Waals surface area contributed by atoms with Crippen molar-refractivity contribution in [3.05, 3.63) is 157 Å². The number of benzene rings is 8. The van der Waals surface area contributed by atoms with Crippen LogP contribution in [0.15, 0.2) is 162 Å². The van der Waals surface area contributed by atoms with Crippen molar-refractivity contribution < 1.29 is 22.2 Å². The van der Waals surface area contributed by atoms with Crippen molar-refractivity contribution in [1.82, 2.24) is 0 Å². The van der Waals surface area contributed by atoms with E-state index in [0.29, 0.717) is 16.7 Å². The standard InChI is InChI=1S/C42H26O/c1-2-13-28(14-3-1)40-33-17-6-8-19-35(33)41(36-20-9-7-18-34(36)40)29-24-25-32-38-23-11-22-37(42(38)43-39(32)26-29)31-21-10-15-27-12-4-5-16-30(27)31/h1-26H/i1D,2D,3D,6D,7D,8D,9D,13D,14D,17D,18D,19D,20D. The largest absolute Gasteiger partial charge is 0.455 e. The number of furan rings is 1. The fourth-order valence-corrected chi connectivity index (χ4v) is 6.16. The van der Waals surface area contributed by atoms with Crippen LogP contribution in [0.4, 0.5) is 0 Å². The molecule has 1 heterocycles. The van der Waals surface area contributed by atoms with Gasteiger partial charge >= 0.3 is 0 Å². The summed E-state index contributed by atoms with van der Waals surface area (Å²) in [6, 6.07) is 16.6. The van der Waals surface area contributed by atoms with Crippen molar-refractivity contribution in [1.29, 1.82) is 0 Å². The van der Waals surface area contributed by atoms with Crippen LogP contribution in [0.3, 0.4) is 0 Å². The van der Waals surface area contributed by atoms with E-state index in [0.717, 1.165) is 32.7 Å². The van der Waals surface area contributed by atoms with Gasteiger partial charge in [0.05, 0.1) is 17.8 Å². The van der Waals surface area contributed by atoms with Crippen LogP contribution in [0.1, 0.15) is 17.8 Å². The lowest BCUT2D eigenvalue weighted by Gasteiger charge is -2.17. The smallest absolute Gasteiger partial charge is 0.143 e. The van der Waals surface area contributed by atoms with Gasteiger partial charge in [-0.05, 0) is 72.3 Å². The Morgan fingerprint density at radius 1 is 0.419 bits per heavy atom. The van der Waals surface area contributed by atoms with Gasteiger partial charge in [-0.15, -0.1) is 0 Å². The van der Waals surface area contributed by atoms with Gasteiger partial charge in [0.25, 0.3) is 0 Å². The number of hydrogen-bond donors (Lipinski definition) is 0. The number of hydrogen-bond acceptors (Lipinski definition) is 1. The summed E-state index contributed by atoms with van der Waals surface area (Å²) in [6.45, 7) is 0. The number of para-hydroxylation sites is 1. The van der Waals surface area contributed by atoms with Gasteiger partial charge in [-0.3, -0.25) is 0 Å². The Morgan fingerprint density at radius 2 is 1.00 bits per heavy atom. The van der Waals surface area contributed by atoms with Gasteiger partial charge in [0.2, 0.25) is 0 Å². The topological polar surface area (TPSA) is 13.1 Å². The normalized spacial score (nSPS) is 16.0. The van der Waals surface area contributed by atoms with Crippen molar-refractivity contribution >= 4 is 54.3 Å². The molecule has 0 aliphatic carbocycles. The van der Waals surface area contributed by atoms with Crippen molar-refractivity contribution in [2.75, 3.05) is 0 Å². The Morgan fingerprint density at radius 3 is 1.74 bits per heavy atom. The van der Waals surface area contributed by atoms with Crippen LogP contribution in [0.25, 0.3) is 87.6 Å². The Kier molecular flexibility index (Phi) is 3.18. The molecule has 0 saturated heterocycles. The summed E-state index contributed by atoms with van der Waals surface area (Å²) in [5.41, 5.74) is 2.39. The molecule has 0 aliphatic rings. The lowest BCUT2D eigenvalue weighted by molar-refractivity contribution is 0.670. The van der Waals surface area contributed by atoms with E-state index >= 15 is 0 Å². The highest BCUT2D eigenvalue weighted by molar-refractivity contribution is 6.22. The van der Waals surface area contributed by atoms with Crippen molar-refractivity contribution in [2.24, 2.45) is 0 Å². The van der Waals surface area contributed by atoms with Gasteiger partial charge < -0.3 is 4.42 Å². The predicted octanol–water partition coefficient (Wildman–Crippen LogP) is 12.0. The molecule has 1 aromatic heterocycles. The molecule has 9 aromatic rings. The quantitative estimate of drug-likeness (QED) is 0.196. The molecule has 1 nitrogen and oxygen atoms in total. The Bertz CT molecular complexity index is 3130. The molecule has 0 N–H and O–H groups in total. The summed E-state index contributed by atoms with van der Waals surface area (Å²) < 4.78 is 121. The molecule has 1 heteroatoms. The summed E-state index contributed by atoms with van der Waals surface area (Å²) in [4.78, 5) is 0. The molecule has 0 radical (unpaired) electrons. The van der Waals surface area contributed by atoms with E-state index in [-0.39, 0.29) is 32.7 Å². The molecule has 0 unspecified atom stereocenters. The van der Waals surface area contributed by atoms with Crippen molar-refractivity contribution in [2.45, 2.75) is 0 Å². The van der Waals surface area contributed by atoms with Gasteiger partial charge in [-0.1, -0.05) is 145 Å². The summed E-state index contributed by atoms with van der Waals surface area (Å²) in [7, 11) is 0. The molecule has 0 saturated carbocycles. The molecule has 0 aliphatic heterocycles. The van der Waals surface area contributed by atoms with Crippen molar-refractivity contribution in [3.63, 3.8) is 0 Å².